The first-order chi connectivity index (χ1) is 15.4. The maximum Gasteiger partial charge on any atom is -0.00677 e. The van der Waals surface area contributed by atoms with Crippen LogP contribution >= 0.6 is 0 Å². The van der Waals surface area contributed by atoms with Gasteiger partial charge in [-0.25, -0.2) is 0 Å². The van der Waals surface area contributed by atoms with Gasteiger partial charge < -0.3 is 0 Å². The monoisotopic (exact) mass is 454 g/mol. The molecule has 3 aromatic rings. The highest BCUT2D eigenvalue weighted by Gasteiger charge is 2.29. The molecule has 182 valence electrons. The maximum atomic E-state index is 2.47. The Kier molecular flexibility index (Phi) is 6.73. The summed E-state index contributed by atoms with van der Waals surface area (Å²) in [6, 6.07) is 23.1. The third-order valence-electron chi connectivity index (χ3n) is 6.86. The van der Waals surface area contributed by atoms with Crippen LogP contribution in [0.2, 0.25) is 0 Å². The van der Waals surface area contributed by atoms with E-state index < -0.39 is 0 Å². The quantitative estimate of drug-likeness (QED) is 0.361. The molecule has 0 unspecified atom stereocenters. The van der Waals surface area contributed by atoms with Gasteiger partial charge in [0, 0.05) is 0 Å². The first-order valence-electron chi connectivity index (χ1n) is 12.8. The van der Waals surface area contributed by atoms with Gasteiger partial charge in [0.2, 0.25) is 0 Å². The minimum Gasteiger partial charge on any atom is -0.0622 e. The first-order valence-corrected chi connectivity index (χ1v) is 12.8. The molecule has 0 amide bonds. The SMILES string of the molecule is CC(C)(C)c1ccc(-c2cc(C(C)(C)C)cc(C(C)(C)C)c2-c2ccccc2)c(C(C)(C)C)c1. The molecule has 0 aliphatic heterocycles. The summed E-state index contributed by atoms with van der Waals surface area (Å²) >= 11 is 0. The molecule has 3 aromatic carbocycles. The zero-order valence-electron chi connectivity index (χ0n) is 23.8. The molecule has 0 saturated carbocycles. The third-order valence-corrected chi connectivity index (χ3v) is 6.86. The van der Waals surface area contributed by atoms with Gasteiger partial charge in [-0.05, 0) is 72.2 Å². The zero-order valence-corrected chi connectivity index (χ0v) is 23.8. The largest absolute Gasteiger partial charge is 0.0622 e. The average Bonchev–Trinajstić information content (AvgIpc) is 2.70. The Morgan fingerprint density at radius 2 is 0.912 bits per heavy atom. The summed E-state index contributed by atoms with van der Waals surface area (Å²) in [7, 11) is 0. The van der Waals surface area contributed by atoms with E-state index in [9.17, 15) is 0 Å². The lowest BCUT2D eigenvalue weighted by Gasteiger charge is -2.32. The molecule has 0 atom stereocenters. The van der Waals surface area contributed by atoms with Crippen LogP contribution in [0.4, 0.5) is 0 Å². The fourth-order valence-electron chi connectivity index (χ4n) is 4.66. The molecule has 0 N–H and O–H groups in total. The predicted molar refractivity (Wildman–Crippen MR) is 152 cm³/mol. The second kappa shape index (κ2) is 8.71. The lowest BCUT2D eigenvalue weighted by molar-refractivity contribution is 0.568. The molecule has 0 saturated heterocycles. The minimum absolute atomic E-state index is 0.0223. The summed E-state index contributed by atoms with van der Waals surface area (Å²) in [5.74, 6) is 0. The summed E-state index contributed by atoms with van der Waals surface area (Å²) in [6.07, 6.45) is 0. The van der Waals surface area contributed by atoms with Gasteiger partial charge in [-0.1, -0.05) is 138 Å². The Morgan fingerprint density at radius 1 is 0.412 bits per heavy atom. The second-order valence-electron chi connectivity index (χ2n) is 14.1. The third kappa shape index (κ3) is 5.48. The van der Waals surface area contributed by atoms with Crippen LogP contribution in [-0.2, 0) is 21.7 Å². The molecule has 0 aromatic heterocycles. The van der Waals surface area contributed by atoms with Crippen LogP contribution in [0.1, 0.15) is 105 Å². The van der Waals surface area contributed by atoms with E-state index in [2.05, 4.69) is 144 Å². The van der Waals surface area contributed by atoms with Crippen LogP contribution in [0.15, 0.2) is 60.7 Å². The molecule has 0 aliphatic carbocycles. The Hall–Kier alpha value is -2.34. The summed E-state index contributed by atoms with van der Waals surface area (Å²) in [4.78, 5) is 0. The summed E-state index contributed by atoms with van der Waals surface area (Å²) in [6.45, 7) is 28.0. The minimum atomic E-state index is 0.0223. The van der Waals surface area contributed by atoms with E-state index in [0.29, 0.717) is 0 Å². The van der Waals surface area contributed by atoms with E-state index in [0.717, 1.165) is 0 Å². The highest BCUT2D eigenvalue weighted by Crippen LogP contribution is 2.46. The van der Waals surface area contributed by atoms with Gasteiger partial charge in [0.25, 0.3) is 0 Å². The zero-order chi connectivity index (χ0) is 25.7. The van der Waals surface area contributed by atoms with E-state index in [1.807, 2.05) is 0 Å². The van der Waals surface area contributed by atoms with Crippen molar-refractivity contribution in [1.82, 2.24) is 0 Å². The lowest BCUT2D eigenvalue weighted by atomic mass is 9.72. The molecule has 0 nitrogen and oxygen atoms in total. The Labute approximate surface area is 209 Å². The number of hydrogen-bond acceptors (Lipinski definition) is 0. The van der Waals surface area contributed by atoms with Gasteiger partial charge in [0.05, 0.1) is 0 Å². The van der Waals surface area contributed by atoms with Crippen molar-refractivity contribution in [2.24, 2.45) is 0 Å². The van der Waals surface area contributed by atoms with Gasteiger partial charge in [-0.2, -0.15) is 0 Å². The van der Waals surface area contributed by atoms with Crippen molar-refractivity contribution in [3.63, 3.8) is 0 Å². The standard InChI is InChI=1S/C34H46/c1-31(2,3)24-18-19-26(28(21-24)33(7,8)9)27-20-25(32(4,5)6)22-29(34(10,11)12)30(27)23-16-14-13-15-17-23/h13-22H,1-12H3. The number of hydrogen-bond donors (Lipinski definition) is 0. The Morgan fingerprint density at radius 3 is 1.38 bits per heavy atom. The van der Waals surface area contributed by atoms with E-state index in [1.54, 1.807) is 0 Å². The topological polar surface area (TPSA) is 0 Å². The molecular weight excluding hydrogens is 408 g/mol. The smallest absolute Gasteiger partial charge is 0.00677 e. The Balaban J connectivity index is 2.54. The van der Waals surface area contributed by atoms with Crippen LogP contribution in [0, 0.1) is 0 Å². The van der Waals surface area contributed by atoms with Gasteiger partial charge in [0.15, 0.2) is 0 Å². The van der Waals surface area contributed by atoms with Crippen molar-refractivity contribution < 1.29 is 0 Å². The van der Waals surface area contributed by atoms with Crippen molar-refractivity contribution in [1.29, 1.82) is 0 Å². The summed E-state index contributed by atoms with van der Waals surface area (Å²) < 4.78 is 0. The van der Waals surface area contributed by atoms with Crippen molar-refractivity contribution in [3.05, 3.63) is 82.9 Å². The number of benzene rings is 3. The van der Waals surface area contributed by atoms with Crippen molar-refractivity contribution >= 4 is 0 Å². The van der Waals surface area contributed by atoms with Gasteiger partial charge >= 0.3 is 0 Å². The van der Waals surface area contributed by atoms with E-state index in [4.69, 9.17) is 0 Å². The van der Waals surface area contributed by atoms with Gasteiger partial charge in [-0.3, -0.25) is 0 Å². The molecular formula is C34H46. The Bertz CT molecular complexity index is 1150. The molecule has 0 heterocycles. The van der Waals surface area contributed by atoms with Gasteiger partial charge in [0.1, 0.15) is 0 Å². The average molecular weight is 455 g/mol. The van der Waals surface area contributed by atoms with E-state index >= 15 is 0 Å². The van der Waals surface area contributed by atoms with Crippen LogP contribution in [0.25, 0.3) is 22.3 Å². The normalized spacial score (nSPS) is 13.3. The molecule has 0 bridgehead atoms. The van der Waals surface area contributed by atoms with Crippen molar-refractivity contribution in [2.45, 2.75) is 105 Å². The number of rotatable bonds is 2. The summed E-state index contributed by atoms with van der Waals surface area (Å²) in [5.41, 5.74) is 11.2. The van der Waals surface area contributed by atoms with Crippen LogP contribution in [0.5, 0.6) is 0 Å². The van der Waals surface area contributed by atoms with Crippen LogP contribution in [-0.4, -0.2) is 0 Å². The second-order valence-corrected chi connectivity index (χ2v) is 14.1. The van der Waals surface area contributed by atoms with E-state index in [1.165, 1.54) is 44.5 Å². The molecule has 0 aliphatic rings. The fraction of sp³-hybridized carbons (Fsp3) is 0.471. The highest BCUT2D eigenvalue weighted by atomic mass is 14.3. The lowest BCUT2D eigenvalue weighted by Crippen LogP contribution is -2.20. The van der Waals surface area contributed by atoms with Crippen molar-refractivity contribution in [3.8, 4) is 22.3 Å². The molecule has 34 heavy (non-hydrogen) atoms. The molecule has 3 rings (SSSR count). The predicted octanol–water partition coefficient (Wildman–Crippen LogP) is 10.2. The van der Waals surface area contributed by atoms with Crippen molar-refractivity contribution in [2.75, 3.05) is 0 Å². The van der Waals surface area contributed by atoms with Crippen LogP contribution < -0.4 is 0 Å². The van der Waals surface area contributed by atoms with Crippen LogP contribution in [0.3, 0.4) is 0 Å². The maximum absolute atomic E-state index is 2.47. The molecule has 0 fully saturated rings. The first kappa shape index (κ1) is 26.3. The highest BCUT2D eigenvalue weighted by molar-refractivity contribution is 5.89. The molecule has 0 heteroatoms. The van der Waals surface area contributed by atoms with Gasteiger partial charge in [-0.15, -0.1) is 0 Å². The fourth-order valence-corrected chi connectivity index (χ4v) is 4.66. The molecule has 0 radical (unpaired) electrons. The summed E-state index contributed by atoms with van der Waals surface area (Å²) in [5, 5.41) is 0. The molecule has 0 spiro atoms. The van der Waals surface area contributed by atoms with E-state index in [-0.39, 0.29) is 21.7 Å².